The molecule has 1 aromatic rings. The maximum atomic E-state index is 11.8. The van der Waals surface area contributed by atoms with Crippen molar-refractivity contribution in [3.8, 4) is 5.88 Å². The van der Waals surface area contributed by atoms with Gasteiger partial charge >= 0.3 is 0 Å². The number of rotatable bonds is 7. The quantitative estimate of drug-likeness (QED) is 0.805. The molecule has 1 aliphatic rings. The van der Waals surface area contributed by atoms with E-state index in [1.54, 1.807) is 0 Å². The van der Waals surface area contributed by atoms with Crippen LogP contribution in [0.15, 0.2) is 18.3 Å². The van der Waals surface area contributed by atoms with Crippen LogP contribution in [0.5, 0.6) is 5.88 Å². The highest BCUT2D eigenvalue weighted by atomic mass is 16.5. The molecule has 1 N–H and O–H groups in total. The fourth-order valence-electron chi connectivity index (χ4n) is 2.65. The van der Waals surface area contributed by atoms with Gasteiger partial charge in [0.05, 0.1) is 13.2 Å². The average Bonchev–Trinajstić information content (AvgIpc) is 2.87. The molecule has 2 rings (SSSR count). The van der Waals surface area contributed by atoms with Crippen LogP contribution < -0.4 is 10.1 Å². The van der Waals surface area contributed by atoms with Gasteiger partial charge in [-0.05, 0) is 33.0 Å². The molecular formula is C16H26N4O2. The van der Waals surface area contributed by atoms with Crippen molar-refractivity contribution < 1.29 is 9.53 Å². The van der Waals surface area contributed by atoms with Gasteiger partial charge in [-0.25, -0.2) is 4.98 Å². The molecule has 0 saturated carbocycles. The summed E-state index contributed by atoms with van der Waals surface area (Å²) in [5.41, 5.74) is 1.17. The highest BCUT2D eigenvalue weighted by molar-refractivity contribution is 5.78. The van der Waals surface area contributed by atoms with Gasteiger partial charge in [0.2, 0.25) is 11.8 Å². The van der Waals surface area contributed by atoms with E-state index in [0.29, 0.717) is 19.0 Å². The van der Waals surface area contributed by atoms with E-state index < -0.39 is 0 Å². The van der Waals surface area contributed by atoms with Crippen LogP contribution in [0.1, 0.15) is 18.9 Å². The second kappa shape index (κ2) is 8.10. The van der Waals surface area contributed by atoms with Gasteiger partial charge in [0.1, 0.15) is 0 Å². The number of carbonyl (C=O) groups excluding carboxylic acids is 1. The number of hydrogen-bond acceptors (Lipinski definition) is 5. The lowest BCUT2D eigenvalue weighted by Crippen LogP contribution is -2.41. The standard InChI is InChI=1S/C16H26N4O2/c1-4-22-16-6-5-13(9-17-16)10-20-8-7-14(11-20)18-15(21)12-19(2)3/h5-6,9,14H,4,7-8,10-12H2,1-3H3,(H,18,21). The molecule has 6 heteroatoms. The predicted molar refractivity (Wildman–Crippen MR) is 85.8 cm³/mol. The van der Waals surface area contributed by atoms with E-state index >= 15 is 0 Å². The summed E-state index contributed by atoms with van der Waals surface area (Å²) in [6, 6.07) is 4.21. The van der Waals surface area contributed by atoms with Gasteiger partial charge < -0.3 is 15.0 Å². The highest BCUT2D eigenvalue weighted by Gasteiger charge is 2.23. The Morgan fingerprint density at radius 1 is 1.50 bits per heavy atom. The topological polar surface area (TPSA) is 57.7 Å². The first kappa shape index (κ1) is 16.7. The first-order valence-corrected chi connectivity index (χ1v) is 7.81. The summed E-state index contributed by atoms with van der Waals surface area (Å²) < 4.78 is 5.35. The monoisotopic (exact) mass is 306 g/mol. The van der Waals surface area contributed by atoms with Crippen molar-refractivity contribution in [1.82, 2.24) is 20.1 Å². The molecule has 1 aromatic heterocycles. The zero-order valence-electron chi connectivity index (χ0n) is 13.7. The van der Waals surface area contributed by atoms with E-state index in [0.717, 1.165) is 26.1 Å². The normalized spacial score (nSPS) is 18.6. The van der Waals surface area contributed by atoms with E-state index in [2.05, 4.69) is 21.3 Å². The Kier molecular flexibility index (Phi) is 6.15. The fourth-order valence-corrected chi connectivity index (χ4v) is 2.65. The lowest BCUT2D eigenvalue weighted by atomic mass is 10.2. The largest absolute Gasteiger partial charge is 0.478 e. The highest BCUT2D eigenvalue weighted by Crippen LogP contribution is 2.15. The van der Waals surface area contributed by atoms with Crippen molar-refractivity contribution in [2.75, 3.05) is 40.3 Å². The maximum Gasteiger partial charge on any atom is 0.234 e. The summed E-state index contributed by atoms with van der Waals surface area (Å²) in [4.78, 5) is 20.3. The molecule has 1 aliphatic heterocycles. The van der Waals surface area contributed by atoms with Crippen LogP contribution in [0.2, 0.25) is 0 Å². The van der Waals surface area contributed by atoms with Crippen molar-refractivity contribution in [3.05, 3.63) is 23.9 Å². The number of nitrogens with zero attached hydrogens (tertiary/aromatic N) is 3. The predicted octanol–water partition coefficient (Wildman–Crippen LogP) is 0.732. The van der Waals surface area contributed by atoms with Crippen molar-refractivity contribution in [1.29, 1.82) is 0 Å². The maximum absolute atomic E-state index is 11.8. The van der Waals surface area contributed by atoms with Crippen LogP contribution in [-0.2, 0) is 11.3 Å². The molecule has 0 spiro atoms. The molecule has 1 fully saturated rings. The van der Waals surface area contributed by atoms with Crippen molar-refractivity contribution in [2.24, 2.45) is 0 Å². The van der Waals surface area contributed by atoms with Gasteiger partial charge in [0.15, 0.2) is 0 Å². The molecule has 0 radical (unpaired) electrons. The second-order valence-electron chi connectivity index (χ2n) is 5.96. The van der Waals surface area contributed by atoms with Crippen LogP contribution in [0.25, 0.3) is 0 Å². The Bertz CT molecular complexity index is 476. The van der Waals surface area contributed by atoms with Crippen LogP contribution in [0.3, 0.4) is 0 Å². The molecule has 2 heterocycles. The summed E-state index contributed by atoms with van der Waals surface area (Å²) in [6.07, 6.45) is 2.87. The minimum absolute atomic E-state index is 0.0968. The molecule has 0 aliphatic carbocycles. The van der Waals surface area contributed by atoms with Crippen molar-refractivity contribution >= 4 is 5.91 Å². The minimum Gasteiger partial charge on any atom is -0.478 e. The molecule has 1 saturated heterocycles. The SMILES string of the molecule is CCOc1ccc(CN2CCC(NC(=O)CN(C)C)C2)cn1. The van der Waals surface area contributed by atoms with Gasteiger partial charge in [-0.1, -0.05) is 6.07 Å². The van der Waals surface area contributed by atoms with Gasteiger partial charge in [0.25, 0.3) is 0 Å². The first-order valence-electron chi connectivity index (χ1n) is 7.81. The number of pyridine rings is 1. The molecule has 1 atom stereocenters. The zero-order chi connectivity index (χ0) is 15.9. The Morgan fingerprint density at radius 2 is 2.32 bits per heavy atom. The molecule has 1 unspecified atom stereocenters. The van der Waals surface area contributed by atoms with Gasteiger partial charge in [-0.15, -0.1) is 0 Å². The number of likely N-dealkylation sites (tertiary alicyclic amines) is 1. The molecule has 6 nitrogen and oxygen atoms in total. The van der Waals surface area contributed by atoms with Gasteiger partial charge in [0, 0.05) is 37.9 Å². The zero-order valence-corrected chi connectivity index (χ0v) is 13.7. The fraction of sp³-hybridized carbons (Fsp3) is 0.625. The molecule has 22 heavy (non-hydrogen) atoms. The van der Waals surface area contributed by atoms with E-state index in [1.807, 2.05) is 38.2 Å². The lowest BCUT2D eigenvalue weighted by Gasteiger charge is -2.17. The number of nitrogens with one attached hydrogen (secondary N) is 1. The number of ether oxygens (including phenoxy) is 1. The lowest BCUT2D eigenvalue weighted by molar-refractivity contribution is -0.122. The Labute approximate surface area is 132 Å². The van der Waals surface area contributed by atoms with Crippen LogP contribution in [-0.4, -0.2) is 67.1 Å². The Balaban J connectivity index is 1.77. The van der Waals surface area contributed by atoms with Crippen molar-refractivity contribution in [2.45, 2.75) is 25.9 Å². The number of aromatic nitrogens is 1. The van der Waals surface area contributed by atoms with Crippen molar-refractivity contribution in [3.63, 3.8) is 0 Å². The summed E-state index contributed by atoms with van der Waals surface area (Å²) in [5.74, 6) is 0.765. The molecule has 0 bridgehead atoms. The third-order valence-corrected chi connectivity index (χ3v) is 3.59. The summed E-state index contributed by atoms with van der Waals surface area (Å²) >= 11 is 0. The van der Waals surface area contributed by atoms with E-state index in [-0.39, 0.29) is 11.9 Å². The Morgan fingerprint density at radius 3 is 2.95 bits per heavy atom. The van der Waals surface area contributed by atoms with Gasteiger partial charge in [-0.3, -0.25) is 9.69 Å². The van der Waals surface area contributed by atoms with Crippen LogP contribution in [0.4, 0.5) is 0 Å². The minimum atomic E-state index is 0.0968. The Hall–Kier alpha value is -1.66. The average molecular weight is 306 g/mol. The number of likely N-dealkylation sites (N-methyl/N-ethyl adjacent to an activating group) is 1. The molecule has 0 aromatic carbocycles. The van der Waals surface area contributed by atoms with E-state index in [1.165, 1.54) is 5.56 Å². The third-order valence-electron chi connectivity index (χ3n) is 3.59. The number of amides is 1. The molecular weight excluding hydrogens is 280 g/mol. The van der Waals surface area contributed by atoms with Crippen LogP contribution in [0, 0.1) is 0 Å². The third kappa shape index (κ3) is 5.27. The second-order valence-corrected chi connectivity index (χ2v) is 5.96. The van der Waals surface area contributed by atoms with E-state index in [4.69, 9.17) is 4.74 Å². The number of hydrogen-bond donors (Lipinski definition) is 1. The molecule has 1 amide bonds. The molecule has 122 valence electrons. The summed E-state index contributed by atoms with van der Waals surface area (Å²) in [7, 11) is 3.80. The summed E-state index contributed by atoms with van der Waals surface area (Å²) in [6.45, 7) is 5.78. The first-order chi connectivity index (χ1) is 10.6. The van der Waals surface area contributed by atoms with Crippen LogP contribution >= 0.6 is 0 Å². The smallest absolute Gasteiger partial charge is 0.234 e. The number of carbonyl (C=O) groups is 1. The van der Waals surface area contributed by atoms with E-state index in [9.17, 15) is 4.79 Å². The summed E-state index contributed by atoms with van der Waals surface area (Å²) in [5, 5.41) is 3.09. The van der Waals surface area contributed by atoms with Gasteiger partial charge in [-0.2, -0.15) is 0 Å².